The third kappa shape index (κ3) is 5.20. The first-order chi connectivity index (χ1) is 9.12. The fourth-order valence-corrected chi connectivity index (χ4v) is 3.31. The first kappa shape index (κ1) is 16.0. The van der Waals surface area contributed by atoms with E-state index < -0.39 is 9.92 Å². The van der Waals surface area contributed by atoms with Gasteiger partial charge in [0.15, 0.2) is 0 Å². The van der Waals surface area contributed by atoms with Crippen molar-refractivity contribution in [3.8, 4) is 0 Å². The van der Waals surface area contributed by atoms with Gasteiger partial charge in [0, 0.05) is 18.8 Å². The van der Waals surface area contributed by atoms with Gasteiger partial charge < -0.3 is 5.73 Å². The first-order valence-corrected chi connectivity index (χ1v) is 8.47. The average Bonchev–Trinajstić information content (AvgIpc) is 2.40. The van der Waals surface area contributed by atoms with Crippen LogP contribution in [0.3, 0.4) is 0 Å². The monoisotopic (exact) mass is 283 g/mol. The van der Waals surface area contributed by atoms with Gasteiger partial charge in [-0.25, -0.2) is 13.3 Å². The lowest BCUT2D eigenvalue weighted by molar-refractivity contribution is 0.653. The van der Waals surface area contributed by atoms with E-state index in [-0.39, 0.29) is 0 Å². The van der Waals surface area contributed by atoms with Gasteiger partial charge >= 0.3 is 0 Å². The van der Waals surface area contributed by atoms with Crippen LogP contribution in [0.1, 0.15) is 39.5 Å². The molecule has 4 nitrogen and oxygen atoms in total. The summed E-state index contributed by atoms with van der Waals surface area (Å²) in [6, 6.07) is 7.13. The number of nitrogens with zero attached hydrogens (tertiary/aromatic N) is 1. The Bertz CT molecular complexity index is 476. The predicted molar refractivity (Wildman–Crippen MR) is 82.4 cm³/mol. The van der Waals surface area contributed by atoms with Crippen molar-refractivity contribution in [2.45, 2.75) is 44.4 Å². The molecule has 0 aliphatic heterocycles. The lowest BCUT2D eigenvalue weighted by atomic mass is 10.3. The van der Waals surface area contributed by atoms with Crippen molar-refractivity contribution in [2.75, 3.05) is 18.8 Å². The van der Waals surface area contributed by atoms with E-state index in [4.69, 9.17) is 5.73 Å². The summed E-state index contributed by atoms with van der Waals surface area (Å²) in [7, 11) is -2.51. The van der Waals surface area contributed by atoms with Crippen LogP contribution in [-0.2, 0) is 9.92 Å². The minimum Gasteiger partial charge on any atom is -0.399 e. The molecular weight excluding hydrogens is 258 g/mol. The van der Waals surface area contributed by atoms with Crippen molar-refractivity contribution in [1.29, 1.82) is 0 Å². The van der Waals surface area contributed by atoms with Crippen LogP contribution in [0, 0.1) is 0 Å². The Morgan fingerprint density at radius 1 is 1.16 bits per heavy atom. The summed E-state index contributed by atoms with van der Waals surface area (Å²) >= 11 is 0. The number of benzene rings is 1. The van der Waals surface area contributed by atoms with Gasteiger partial charge in [0.1, 0.15) is 9.92 Å². The van der Waals surface area contributed by atoms with Crippen LogP contribution in [0.2, 0.25) is 0 Å². The van der Waals surface area contributed by atoms with E-state index >= 15 is 0 Å². The molecule has 19 heavy (non-hydrogen) atoms. The fourth-order valence-electron chi connectivity index (χ4n) is 1.59. The van der Waals surface area contributed by atoms with Crippen LogP contribution in [0.4, 0.5) is 5.69 Å². The zero-order valence-electron chi connectivity index (χ0n) is 11.9. The number of anilines is 1. The molecule has 1 atom stereocenters. The molecule has 0 fully saturated rings. The molecule has 0 bridgehead atoms. The van der Waals surface area contributed by atoms with Gasteiger partial charge in [0.05, 0.1) is 4.90 Å². The Labute approximate surface area is 117 Å². The van der Waals surface area contributed by atoms with Crippen LogP contribution < -0.4 is 10.5 Å². The molecule has 0 heterocycles. The van der Waals surface area contributed by atoms with Gasteiger partial charge in [-0.2, -0.15) is 0 Å². The lowest BCUT2D eigenvalue weighted by Crippen LogP contribution is -2.25. The molecule has 1 rings (SSSR count). The summed E-state index contributed by atoms with van der Waals surface area (Å²) in [4.78, 5) is 0.717. The molecule has 5 heteroatoms. The Kier molecular flexibility index (Phi) is 6.87. The standard InChI is InChI=1S/C14H25N3OS/c1-3-5-11-16-19(18,17-12-6-4-2)14-9-7-13(15)8-10-14/h7-10H,3-6,11-12,15H2,1-2H3,(H,16,17,18). The molecule has 0 radical (unpaired) electrons. The van der Waals surface area contributed by atoms with Gasteiger partial charge in [-0.05, 0) is 37.1 Å². The van der Waals surface area contributed by atoms with Gasteiger partial charge in [-0.1, -0.05) is 26.7 Å². The molecule has 0 aliphatic rings. The smallest absolute Gasteiger partial charge is 0.137 e. The third-order valence-electron chi connectivity index (χ3n) is 2.81. The number of nitrogens with one attached hydrogen (secondary N) is 1. The average molecular weight is 283 g/mol. The number of nitrogen functional groups attached to an aromatic ring is 1. The highest BCUT2D eigenvalue weighted by Crippen LogP contribution is 2.14. The Hall–Kier alpha value is -1.07. The number of rotatable bonds is 8. The molecule has 3 N–H and O–H groups in total. The second-order valence-corrected chi connectivity index (χ2v) is 6.62. The topological polar surface area (TPSA) is 67.5 Å². The zero-order chi connectivity index (χ0) is 14.1. The maximum Gasteiger partial charge on any atom is 0.137 e. The van der Waals surface area contributed by atoms with Crippen molar-refractivity contribution in [3.63, 3.8) is 0 Å². The summed E-state index contributed by atoms with van der Waals surface area (Å²) in [5.74, 6) is 0. The number of hydrogen-bond donors (Lipinski definition) is 2. The van der Waals surface area contributed by atoms with Crippen molar-refractivity contribution in [1.82, 2.24) is 4.72 Å². The normalized spacial score (nSPS) is 14.0. The summed E-state index contributed by atoms with van der Waals surface area (Å²) in [6.07, 6.45) is 4.08. The molecule has 0 aromatic heterocycles. The third-order valence-corrected chi connectivity index (χ3v) is 4.87. The highest BCUT2D eigenvalue weighted by Gasteiger charge is 2.11. The van der Waals surface area contributed by atoms with E-state index in [2.05, 4.69) is 22.9 Å². The maximum absolute atomic E-state index is 12.9. The SMILES string of the molecule is CCCCN=S(=O)(NCCCC)c1ccc(N)cc1. The molecule has 0 saturated carbocycles. The van der Waals surface area contributed by atoms with Gasteiger partial charge in [0.25, 0.3) is 0 Å². The molecule has 0 saturated heterocycles. The van der Waals surface area contributed by atoms with E-state index in [0.29, 0.717) is 17.1 Å². The van der Waals surface area contributed by atoms with Gasteiger partial charge in [-0.3, -0.25) is 0 Å². The maximum atomic E-state index is 12.9. The Balaban J connectivity index is 2.93. The summed E-state index contributed by atoms with van der Waals surface area (Å²) in [5, 5.41) is 0. The first-order valence-electron chi connectivity index (χ1n) is 6.95. The number of unbranched alkanes of at least 4 members (excludes halogenated alkanes) is 2. The molecule has 0 aliphatic carbocycles. The van der Waals surface area contributed by atoms with Crippen LogP contribution in [0.5, 0.6) is 0 Å². The van der Waals surface area contributed by atoms with Crippen LogP contribution in [-0.4, -0.2) is 17.3 Å². The minimum absolute atomic E-state index is 0.624. The quantitative estimate of drug-likeness (QED) is 0.568. The van der Waals surface area contributed by atoms with Crippen molar-refractivity contribution < 1.29 is 4.21 Å². The van der Waals surface area contributed by atoms with E-state index in [1.165, 1.54) is 0 Å². The van der Waals surface area contributed by atoms with Crippen molar-refractivity contribution in [3.05, 3.63) is 24.3 Å². The van der Waals surface area contributed by atoms with Crippen LogP contribution in [0.15, 0.2) is 33.5 Å². The molecule has 1 aromatic rings. The Morgan fingerprint density at radius 2 is 1.79 bits per heavy atom. The molecule has 0 amide bonds. The second kappa shape index (κ2) is 8.17. The van der Waals surface area contributed by atoms with Crippen molar-refractivity contribution in [2.24, 2.45) is 4.36 Å². The van der Waals surface area contributed by atoms with E-state index in [1.807, 2.05) is 0 Å². The van der Waals surface area contributed by atoms with Crippen LogP contribution >= 0.6 is 0 Å². The molecule has 1 unspecified atom stereocenters. The second-order valence-electron chi connectivity index (χ2n) is 4.55. The van der Waals surface area contributed by atoms with E-state index in [0.717, 1.165) is 32.2 Å². The highest BCUT2D eigenvalue weighted by molar-refractivity contribution is 7.91. The molecular formula is C14H25N3OS. The number of nitrogens with two attached hydrogens (primary N) is 1. The fraction of sp³-hybridized carbons (Fsp3) is 0.571. The summed E-state index contributed by atoms with van der Waals surface area (Å²) in [5.41, 5.74) is 6.34. The Morgan fingerprint density at radius 3 is 2.37 bits per heavy atom. The van der Waals surface area contributed by atoms with E-state index in [1.54, 1.807) is 24.3 Å². The lowest BCUT2D eigenvalue weighted by Gasteiger charge is -2.12. The predicted octanol–water partition coefficient (Wildman–Crippen LogP) is 3.20. The largest absolute Gasteiger partial charge is 0.399 e. The molecule has 0 spiro atoms. The molecule has 1 aromatic carbocycles. The van der Waals surface area contributed by atoms with Crippen LogP contribution in [0.25, 0.3) is 0 Å². The summed E-state index contributed by atoms with van der Waals surface area (Å²) < 4.78 is 20.4. The van der Waals surface area contributed by atoms with Crippen molar-refractivity contribution >= 4 is 15.6 Å². The number of hydrogen-bond acceptors (Lipinski definition) is 3. The zero-order valence-corrected chi connectivity index (χ0v) is 12.7. The van der Waals surface area contributed by atoms with Gasteiger partial charge in [-0.15, -0.1) is 0 Å². The summed E-state index contributed by atoms with van der Waals surface area (Å²) in [6.45, 7) is 5.56. The molecule has 108 valence electrons. The van der Waals surface area contributed by atoms with Gasteiger partial charge in [0.2, 0.25) is 0 Å². The minimum atomic E-state index is -2.51. The highest BCUT2D eigenvalue weighted by atomic mass is 32.2. The van der Waals surface area contributed by atoms with E-state index in [9.17, 15) is 4.21 Å².